The molecule has 0 saturated heterocycles. The number of carbonyl (C=O) groups is 1. The van der Waals surface area contributed by atoms with Crippen LogP contribution in [0.1, 0.15) is 0 Å². The summed E-state index contributed by atoms with van der Waals surface area (Å²) in [4.78, 5) is 10.3. The van der Waals surface area contributed by atoms with E-state index in [0.29, 0.717) is 0 Å². The minimum atomic E-state index is -3.79. The van der Waals surface area contributed by atoms with Gasteiger partial charge in [0.05, 0.1) is 4.90 Å². The average Bonchev–Trinajstić information content (AvgIpc) is 2.04. The van der Waals surface area contributed by atoms with Crippen LogP contribution in [0.5, 0.6) is 0 Å². The Morgan fingerprint density at radius 3 is 2.23 bits per heavy atom. The molecule has 0 fully saturated rings. The second kappa shape index (κ2) is 3.76. The predicted molar refractivity (Wildman–Crippen MR) is 48.0 cm³/mol. The summed E-state index contributed by atoms with van der Waals surface area (Å²) in [5.74, 6) is 0. The number of hydrogen-bond donors (Lipinski definition) is 1. The number of carbonyl (C=O) groups excluding carboxylic acids is 1. The van der Waals surface area contributed by atoms with Gasteiger partial charge in [-0.1, -0.05) is 18.2 Å². The molecule has 4 nitrogen and oxygen atoms in total. The van der Waals surface area contributed by atoms with E-state index in [1.807, 2.05) is 0 Å². The van der Waals surface area contributed by atoms with Crippen molar-refractivity contribution < 1.29 is 13.2 Å². The van der Waals surface area contributed by atoms with Crippen LogP contribution in [0, 0.1) is 0 Å². The van der Waals surface area contributed by atoms with Gasteiger partial charge in [-0.05, 0) is 23.7 Å². The first kappa shape index (κ1) is 10.0. The first-order chi connectivity index (χ1) is 6.02. The summed E-state index contributed by atoms with van der Waals surface area (Å²) < 4.78 is 24.1. The van der Waals surface area contributed by atoms with Gasteiger partial charge in [0.25, 0.3) is 10.0 Å². The molecule has 13 heavy (non-hydrogen) atoms. The van der Waals surface area contributed by atoms with E-state index in [4.69, 9.17) is 11.6 Å². The Morgan fingerprint density at radius 2 is 1.77 bits per heavy atom. The van der Waals surface area contributed by atoms with E-state index in [9.17, 15) is 13.2 Å². The van der Waals surface area contributed by atoms with Crippen LogP contribution < -0.4 is 4.72 Å². The van der Waals surface area contributed by atoms with E-state index in [-0.39, 0.29) is 4.90 Å². The molecule has 0 spiro atoms. The second-order valence-corrected chi connectivity index (χ2v) is 4.22. The lowest BCUT2D eigenvalue weighted by Gasteiger charge is -2.01. The number of sulfonamides is 1. The zero-order valence-electron chi connectivity index (χ0n) is 6.40. The molecular weight excluding hydrogens is 214 g/mol. The Kier molecular flexibility index (Phi) is 2.90. The van der Waals surface area contributed by atoms with Crippen LogP contribution in [-0.4, -0.2) is 13.8 Å². The Labute approximate surface area is 80.6 Å². The Morgan fingerprint density at radius 1 is 1.23 bits per heavy atom. The second-order valence-electron chi connectivity index (χ2n) is 2.19. The third-order valence-electron chi connectivity index (χ3n) is 1.27. The van der Waals surface area contributed by atoms with E-state index in [1.54, 1.807) is 22.9 Å². The molecule has 1 aromatic rings. The normalized spacial score (nSPS) is 10.8. The summed E-state index contributed by atoms with van der Waals surface area (Å²) in [7, 11) is -3.79. The van der Waals surface area contributed by atoms with Crippen LogP contribution >= 0.6 is 11.6 Å². The van der Waals surface area contributed by atoms with E-state index < -0.39 is 15.4 Å². The average molecular weight is 220 g/mol. The van der Waals surface area contributed by atoms with Crippen LogP contribution in [0.15, 0.2) is 35.2 Å². The highest BCUT2D eigenvalue weighted by Gasteiger charge is 2.14. The maximum atomic E-state index is 11.2. The van der Waals surface area contributed by atoms with Gasteiger partial charge in [0.2, 0.25) is 0 Å². The van der Waals surface area contributed by atoms with Crippen molar-refractivity contribution in [2.75, 3.05) is 0 Å². The molecule has 0 radical (unpaired) electrons. The molecule has 1 N–H and O–H groups in total. The molecule has 1 aromatic carbocycles. The molecule has 0 atom stereocenters. The number of amides is 1. The molecule has 0 bridgehead atoms. The van der Waals surface area contributed by atoms with Crippen LogP contribution in [0.25, 0.3) is 0 Å². The van der Waals surface area contributed by atoms with Crippen molar-refractivity contribution in [1.82, 2.24) is 4.72 Å². The molecule has 0 aromatic heterocycles. The molecule has 0 aliphatic rings. The summed E-state index contributed by atoms with van der Waals surface area (Å²) in [6.07, 6.45) is 0. The number of rotatable bonds is 2. The highest BCUT2D eigenvalue weighted by Crippen LogP contribution is 2.07. The van der Waals surface area contributed by atoms with E-state index >= 15 is 0 Å². The van der Waals surface area contributed by atoms with Gasteiger partial charge in [-0.15, -0.1) is 0 Å². The maximum Gasteiger partial charge on any atom is 0.327 e. The van der Waals surface area contributed by atoms with Gasteiger partial charge in [0.1, 0.15) is 0 Å². The van der Waals surface area contributed by atoms with Crippen molar-refractivity contribution in [2.24, 2.45) is 0 Å². The smallest absolute Gasteiger partial charge is 0.255 e. The van der Waals surface area contributed by atoms with Gasteiger partial charge >= 0.3 is 5.37 Å². The summed E-state index contributed by atoms with van der Waals surface area (Å²) in [6, 6.07) is 7.49. The van der Waals surface area contributed by atoms with E-state index in [1.165, 1.54) is 12.1 Å². The number of benzene rings is 1. The largest absolute Gasteiger partial charge is 0.327 e. The molecule has 6 heteroatoms. The standard InChI is InChI=1S/C7H6ClNO3S/c8-7(10)9-13(11,12)6-4-2-1-3-5-6/h1-5H,(H,9,10). The lowest BCUT2D eigenvalue weighted by molar-refractivity contribution is 0.264. The monoisotopic (exact) mass is 219 g/mol. The third-order valence-corrected chi connectivity index (χ3v) is 2.82. The van der Waals surface area contributed by atoms with Crippen molar-refractivity contribution in [3.8, 4) is 0 Å². The SMILES string of the molecule is O=C(Cl)NS(=O)(=O)c1ccccc1. The van der Waals surface area contributed by atoms with Crippen molar-refractivity contribution >= 4 is 27.0 Å². The minimum absolute atomic E-state index is 0.00370. The van der Waals surface area contributed by atoms with Crippen LogP contribution in [0.4, 0.5) is 4.79 Å². The fourth-order valence-corrected chi connectivity index (χ4v) is 1.91. The molecule has 0 heterocycles. The molecule has 1 rings (SSSR count). The summed E-state index contributed by atoms with van der Waals surface area (Å²) in [6.45, 7) is 0. The minimum Gasteiger partial charge on any atom is -0.255 e. The van der Waals surface area contributed by atoms with Crippen LogP contribution in [0.3, 0.4) is 0 Å². The molecule has 0 aliphatic heterocycles. The van der Waals surface area contributed by atoms with Crippen molar-refractivity contribution in [3.63, 3.8) is 0 Å². The Balaban J connectivity index is 3.02. The number of nitrogens with one attached hydrogen (secondary N) is 1. The van der Waals surface area contributed by atoms with Crippen molar-refractivity contribution in [2.45, 2.75) is 4.90 Å². The van der Waals surface area contributed by atoms with E-state index in [2.05, 4.69) is 0 Å². The topological polar surface area (TPSA) is 63.2 Å². The third kappa shape index (κ3) is 2.71. The summed E-state index contributed by atoms with van der Waals surface area (Å²) in [5, 5.41) is -1.12. The summed E-state index contributed by atoms with van der Waals surface area (Å²) in [5.41, 5.74) is 0. The molecule has 0 saturated carbocycles. The quantitative estimate of drug-likeness (QED) is 0.603. The molecule has 70 valence electrons. The highest BCUT2D eigenvalue weighted by atomic mass is 35.5. The first-order valence-corrected chi connectivity index (χ1v) is 5.16. The van der Waals surface area contributed by atoms with E-state index in [0.717, 1.165) is 0 Å². The van der Waals surface area contributed by atoms with Gasteiger partial charge in [-0.2, -0.15) is 0 Å². The highest BCUT2D eigenvalue weighted by molar-refractivity contribution is 7.90. The van der Waals surface area contributed by atoms with Crippen molar-refractivity contribution in [3.05, 3.63) is 30.3 Å². The maximum absolute atomic E-state index is 11.2. The molecule has 1 amide bonds. The molecular formula is C7H6ClNO3S. The zero-order valence-corrected chi connectivity index (χ0v) is 7.97. The Bertz CT molecular complexity index is 401. The lowest BCUT2D eigenvalue weighted by atomic mass is 10.4. The van der Waals surface area contributed by atoms with Gasteiger partial charge in [0.15, 0.2) is 0 Å². The van der Waals surface area contributed by atoms with Crippen LogP contribution in [-0.2, 0) is 10.0 Å². The first-order valence-electron chi connectivity index (χ1n) is 3.30. The zero-order chi connectivity index (χ0) is 9.90. The van der Waals surface area contributed by atoms with Crippen LogP contribution in [0.2, 0.25) is 0 Å². The molecule has 0 unspecified atom stereocenters. The lowest BCUT2D eigenvalue weighted by Crippen LogP contribution is -2.25. The molecule has 0 aliphatic carbocycles. The van der Waals surface area contributed by atoms with Gasteiger partial charge < -0.3 is 0 Å². The van der Waals surface area contributed by atoms with Gasteiger partial charge in [-0.3, -0.25) is 4.79 Å². The number of hydrogen-bond acceptors (Lipinski definition) is 3. The van der Waals surface area contributed by atoms with Crippen molar-refractivity contribution in [1.29, 1.82) is 0 Å². The number of halogens is 1. The predicted octanol–water partition coefficient (Wildman–Crippen LogP) is 1.32. The van der Waals surface area contributed by atoms with Gasteiger partial charge in [0, 0.05) is 0 Å². The fraction of sp³-hybridized carbons (Fsp3) is 0. The Hall–Kier alpha value is -1.07. The summed E-state index contributed by atoms with van der Waals surface area (Å²) >= 11 is 4.88. The fourth-order valence-electron chi connectivity index (χ4n) is 0.764. The van der Waals surface area contributed by atoms with Gasteiger partial charge in [-0.25, -0.2) is 13.1 Å².